The molecule has 0 amide bonds. The van der Waals surface area contributed by atoms with Gasteiger partial charge in [-0.15, -0.1) is 0 Å². The fourth-order valence-corrected chi connectivity index (χ4v) is 5.44. The molecule has 2 aromatic rings. The SMILES string of the molecule is Cc1cc(C)c(S(=O)(=O)NC2CCC(Oc3ncc(F)cn3)CC2)c(C)c1. The highest BCUT2D eigenvalue weighted by Crippen LogP contribution is 2.26. The van der Waals surface area contributed by atoms with Crippen LogP contribution in [0.25, 0.3) is 0 Å². The van der Waals surface area contributed by atoms with Crippen molar-refractivity contribution in [1.29, 1.82) is 0 Å². The van der Waals surface area contributed by atoms with Crippen molar-refractivity contribution in [3.05, 3.63) is 47.0 Å². The number of hydrogen-bond donors (Lipinski definition) is 1. The van der Waals surface area contributed by atoms with E-state index >= 15 is 0 Å². The Morgan fingerprint density at radius 1 is 1.04 bits per heavy atom. The van der Waals surface area contributed by atoms with Crippen molar-refractivity contribution in [2.75, 3.05) is 0 Å². The van der Waals surface area contributed by atoms with E-state index in [1.807, 2.05) is 32.9 Å². The fourth-order valence-electron chi connectivity index (χ4n) is 3.68. The topological polar surface area (TPSA) is 81.2 Å². The van der Waals surface area contributed by atoms with Gasteiger partial charge >= 0.3 is 6.01 Å². The maximum absolute atomic E-state index is 12.9. The van der Waals surface area contributed by atoms with E-state index in [-0.39, 0.29) is 18.2 Å². The van der Waals surface area contributed by atoms with Gasteiger partial charge in [0.2, 0.25) is 10.0 Å². The maximum atomic E-state index is 12.9. The standard InChI is InChI=1S/C19H24FN3O3S/c1-12-8-13(2)18(14(3)9-12)27(24,25)23-16-4-6-17(7-5-16)26-19-21-10-15(20)11-22-19/h8-11,16-17,23H,4-7H2,1-3H3. The van der Waals surface area contributed by atoms with Crippen molar-refractivity contribution < 1.29 is 17.5 Å². The summed E-state index contributed by atoms with van der Waals surface area (Å²) in [7, 11) is -3.58. The van der Waals surface area contributed by atoms with E-state index < -0.39 is 15.8 Å². The van der Waals surface area contributed by atoms with Crippen LogP contribution in [0, 0.1) is 26.6 Å². The van der Waals surface area contributed by atoms with E-state index in [0.717, 1.165) is 29.1 Å². The largest absolute Gasteiger partial charge is 0.460 e. The molecule has 3 rings (SSSR count). The third-order valence-corrected chi connectivity index (χ3v) is 6.56. The second-order valence-corrected chi connectivity index (χ2v) is 8.78. The van der Waals surface area contributed by atoms with Crippen molar-refractivity contribution in [1.82, 2.24) is 14.7 Å². The Kier molecular flexibility index (Phi) is 5.76. The molecule has 1 fully saturated rings. The summed E-state index contributed by atoms with van der Waals surface area (Å²) in [5, 5.41) is 0. The van der Waals surface area contributed by atoms with Gasteiger partial charge in [0, 0.05) is 6.04 Å². The molecule has 0 radical (unpaired) electrons. The number of ether oxygens (including phenoxy) is 1. The average Bonchev–Trinajstić information content (AvgIpc) is 2.57. The Hall–Kier alpha value is -2.06. The van der Waals surface area contributed by atoms with E-state index in [1.54, 1.807) is 0 Å². The third-order valence-electron chi connectivity index (χ3n) is 4.74. The molecule has 0 bridgehead atoms. The molecule has 8 heteroatoms. The molecule has 0 aliphatic heterocycles. The van der Waals surface area contributed by atoms with Crippen LogP contribution in [-0.2, 0) is 10.0 Å². The van der Waals surface area contributed by atoms with Crippen molar-refractivity contribution in [2.24, 2.45) is 0 Å². The van der Waals surface area contributed by atoms with Gasteiger partial charge in [-0.25, -0.2) is 27.5 Å². The van der Waals surface area contributed by atoms with E-state index in [9.17, 15) is 12.8 Å². The number of benzene rings is 1. The Bertz CT molecular complexity index is 885. The molecule has 6 nitrogen and oxygen atoms in total. The maximum Gasteiger partial charge on any atom is 0.316 e. The number of hydrogen-bond acceptors (Lipinski definition) is 5. The molecule has 1 N–H and O–H groups in total. The van der Waals surface area contributed by atoms with Crippen LogP contribution < -0.4 is 9.46 Å². The van der Waals surface area contributed by atoms with E-state index in [2.05, 4.69) is 14.7 Å². The number of aromatic nitrogens is 2. The number of halogens is 1. The summed E-state index contributed by atoms with van der Waals surface area (Å²) in [5.41, 5.74) is 2.56. The molecule has 27 heavy (non-hydrogen) atoms. The summed E-state index contributed by atoms with van der Waals surface area (Å²) in [6.07, 6.45) is 4.71. The molecule has 0 saturated heterocycles. The molecule has 1 aliphatic carbocycles. The minimum Gasteiger partial charge on any atom is -0.460 e. The lowest BCUT2D eigenvalue weighted by molar-refractivity contribution is 0.132. The van der Waals surface area contributed by atoms with E-state index in [0.29, 0.717) is 30.6 Å². The summed E-state index contributed by atoms with van der Waals surface area (Å²) in [5.74, 6) is -0.512. The molecule has 146 valence electrons. The predicted molar refractivity (Wildman–Crippen MR) is 99.6 cm³/mol. The van der Waals surface area contributed by atoms with Crippen molar-refractivity contribution in [2.45, 2.75) is 63.5 Å². The number of rotatable bonds is 5. The first-order valence-electron chi connectivity index (χ1n) is 8.99. The van der Waals surface area contributed by atoms with Gasteiger partial charge in [-0.1, -0.05) is 17.7 Å². The second kappa shape index (κ2) is 7.90. The highest BCUT2D eigenvalue weighted by atomic mass is 32.2. The lowest BCUT2D eigenvalue weighted by atomic mass is 9.94. The molecular formula is C19H24FN3O3S. The second-order valence-electron chi connectivity index (χ2n) is 7.12. The number of nitrogens with one attached hydrogen (secondary N) is 1. The highest BCUT2D eigenvalue weighted by Gasteiger charge is 2.28. The lowest BCUT2D eigenvalue weighted by Gasteiger charge is -2.29. The molecule has 0 unspecified atom stereocenters. The summed E-state index contributed by atoms with van der Waals surface area (Å²) >= 11 is 0. The van der Waals surface area contributed by atoms with Crippen LogP contribution in [0.15, 0.2) is 29.4 Å². The molecule has 0 atom stereocenters. The zero-order chi connectivity index (χ0) is 19.6. The zero-order valence-corrected chi connectivity index (χ0v) is 16.5. The van der Waals surface area contributed by atoms with Gasteiger partial charge in [-0.05, 0) is 57.6 Å². The highest BCUT2D eigenvalue weighted by molar-refractivity contribution is 7.89. The first-order chi connectivity index (χ1) is 12.7. The van der Waals surface area contributed by atoms with Gasteiger partial charge < -0.3 is 4.74 Å². The van der Waals surface area contributed by atoms with Crippen LogP contribution in [0.4, 0.5) is 4.39 Å². The van der Waals surface area contributed by atoms with Gasteiger partial charge in [0.25, 0.3) is 0 Å². The number of aryl methyl sites for hydroxylation is 3. The normalized spacial score (nSPS) is 20.4. The molecule has 1 aromatic carbocycles. The summed E-state index contributed by atoms with van der Waals surface area (Å²) in [6.45, 7) is 5.60. The summed E-state index contributed by atoms with van der Waals surface area (Å²) in [6, 6.07) is 3.78. The number of nitrogens with zero attached hydrogens (tertiary/aromatic N) is 2. The van der Waals surface area contributed by atoms with Crippen molar-refractivity contribution >= 4 is 10.0 Å². The van der Waals surface area contributed by atoms with Crippen LogP contribution in [0.5, 0.6) is 6.01 Å². The predicted octanol–water partition coefficient (Wildman–Crippen LogP) is 3.21. The lowest BCUT2D eigenvalue weighted by Crippen LogP contribution is -2.40. The van der Waals surface area contributed by atoms with E-state index in [4.69, 9.17) is 4.74 Å². The van der Waals surface area contributed by atoms with Crippen LogP contribution in [0.1, 0.15) is 42.4 Å². The van der Waals surface area contributed by atoms with Gasteiger partial charge in [0.05, 0.1) is 17.3 Å². The van der Waals surface area contributed by atoms with Gasteiger partial charge in [0.15, 0.2) is 5.82 Å². The Labute approximate surface area is 159 Å². The quantitative estimate of drug-likeness (QED) is 0.844. The molecule has 1 aliphatic rings. The summed E-state index contributed by atoms with van der Waals surface area (Å²) < 4.78 is 47.1. The Morgan fingerprint density at radius 2 is 1.59 bits per heavy atom. The van der Waals surface area contributed by atoms with Gasteiger partial charge in [0.1, 0.15) is 6.10 Å². The first-order valence-corrected chi connectivity index (χ1v) is 10.5. The minimum atomic E-state index is -3.58. The Balaban J connectivity index is 1.61. The van der Waals surface area contributed by atoms with E-state index in [1.165, 1.54) is 0 Å². The molecule has 0 spiro atoms. The monoisotopic (exact) mass is 393 g/mol. The molecule has 1 heterocycles. The fraction of sp³-hybridized carbons (Fsp3) is 0.474. The smallest absolute Gasteiger partial charge is 0.316 e. The van der Waals surface area contributed by atoms with Crippen LogP contribution >= 0.6 is 0 Å². The summed E-state index contributed by atoms with van der Waals surface area (Å²) in [4.78, 5) is 7.96. The van der Waals surface area contributed by atoms with Crippen LogP contribution in [-0.4, -0.2) is 30.5 Å². The first kappa shape index (κ1) is 19.7. The van der Waals surface area contributed by atoms with Crippen molar-refractivity contribution in [3.63, 3.8) is 0 Å². The zero-order valence-electron chi connectivity index (χ0n) is 15.7. The molecule has 1 saturated carbocycles. The van der Waals surface area contributed by atoms with Crippen molar-refractivity contribution in [3.8, 4) is 6.01 Å². The van der Waals surface area contributed by atoms with Gasteiger partial charge in [-0.2, -0.15) is 0 Å². The minimum absolute atomic E-state index is 0.0981. The van der Waals surface area contributed by atoms with Gasteiger partial charge in [-0.3, -0.25) is 0 Å². The third kappa shape index (κ3) is 4.81. The van der Waals surface area contributed by atoms with Crippen LogP contribution in [0.2, 0.25) is 0 Å². The van der Waals surface area contributed by atoms with Crippen LogP contribution in [0.3, 0.4) is 0 Å². The number of sulfonamides is 1. The molecular weight excluding hydrogens is 369 g/mol. The molecule has 1 aromatic heterocycles. The Morgan fingerprint density at radius 3 is 2.15 bits per heavy atom. The average molecular weight is 393 g/mol.